The lowest BCUT2D eigenvalue weighted by atomic mass is 9.87. The molecule has 5 heteroatoms. The molecule has 2 aromatic carbocycles. The fourth-order valence-electron chi connectivity index (χ4n) is 4.20. The third-order valence-electron chi connectivity index (χ3n) is 6.13. The van der Waals surface area contributed by atoms with E-state index >= 15 is 0 Å². The molecule has 1 atom stereocenters. The normalized spacial score (nSPS) is 21.7. The van der Waals surface area contributed by atoms with Crippen molar-refractivity contribution in [1.29, 1.82) is 0 Å². The van der Waals surface area contributed by atoms with Gasteiger partial charge in [0, 0.05) is 31.6 Å². The zero-order valence-corrected chi connectivity index (χ0v) is 18.1. The van der Waals surface area contributed by atoms with Crippen LogP contribution in [0.4, 0.5) is 10.5 Å². The number of rotatable bonds is 2. The lowest BCUT2D eigenvalue weighted by Crippen LogP contribution is -2.37. The zero-order valence-electron chi connectivity index (χ0n) is 18.1. The summed E-state index contributed by atoms with van der Waals surface area (Å²) in [5.74, 6) is 0. The summed E-state index contributed by atoms with van der Waals surface area (Å²) in [5.41, 5.74) is 4.03. The van der Waals surface area contributed by atoms with Crippen LogP contribution in [0.15, 0.2) is 59.8 Å². The van der Waals surface area contributed by atoms with Gasteiger partial charge in [0.15, 0.2) is 0 Å². The number of carbonyl (C=O) groups is 1. The van der Waals surface area contributed by atoms with Crippen molar-refractivity contribution in [1.82, 2.24) is 4.90 Å². The van der Waals surface area contributed by atoms with Gasteiger partial charge in [-0.1, -0.05) is 68.4 Å². The van der Waals surface area contributed by atoms with Crippen molar-refractivity contribution in [2.45, 2.75) is 57.5 Å². The van der Waals surface area contributed by atoms with Gasteiger partial charge in [0.2, 0.25) is 0 Å². The molecule has 1 saturated heterocycles. The zero-order chi connectivity index (χ0) is 21.2. The van der Waals surface area contributed by atoms with Crippen LogP contribution in [0.25, 0.3) is 0 Å². The van der Waals surface area contributed by atoms with E-state index in [1.165, 1.54) is 5.56 Å². The SMILES string of the molecule is CC(C)(C)c1ccc(NC(=O)N2CCCC3(CC2)CC(c2ccccc2)=NO3)cc1. The highest BCUT2D eigenvalue weighted by molar-refractivity contribution is 6.01. The second-order valence-corrected chi connectivity index (χ2v) is 9.45. The lowest BCUT2D eigenvalue weighted by molar-refractivity contribution is -0.0285. The van der Waals surface area contributed by atoms with Gasteiger partial charge in [-0.3, -0.25) is 0 Å². The van der Waals surface area contributed by atoms with Crippen LogP contribution >= 0.6 is 0 Å². The number of nitrogens with one attached hydrogen (secondary N) is 1. The van der Waals surface area contributed by atoms with Crippen molar-refractivity contribution in [3.05, 3.63) is 65.7 Å². The Hall–Kier alpha value is -2.82. The highest BCUT2D eigenvalue weighted by atomic mass is 16.7. The van der Waals surface area contributed by atoms with Crippen molar-refractivity contribution < 1.29 is 9.63 Å². The van der Waals surface area contributed by atoms with Crippen LogP contribution in [-0.4, -0.2) is 35.3 Å². The maximum atomic E-state index is 12.8. The van der Waals surface area contributed by atoms with Crippen LogP contribution in [0, 0.1) is 0 Å². The van der Waals surface area contributed by atoms with Crippen LogP contribution in [0.1, 0.15) is 57.6 Å². The minimum absolute atomic E-state index is 0.0437. The molecule has 0 aliphatic carbocycles. The molecule has 4 rings (SSSR count). The summed E-state index contributed by atoms with van der Waals surface area (Å²) in [4.78, 5) is 20.7. The van der Waals surface area contributed by atoms with E-state index in [1.54, 1.807) is 0 Å². The first-order valence-electron chi connectivity index (χ1n) is 10.8. The minimum atomic E-state index is -0.283. The van der Waals surface area contributed by atoms with E-state index in [1.807, 2.05) is 35.2 Å². The fraction of sp³-hybridized carbons (Fsp3) is 0.440. The molecule has 0 saturated carbocycles. The molecule has 30 heavy (non-hydrogen) atoms. The molecule has 1 spiro atoms. The molecular formula is C25H31N3O2. The van der Waals surface area contributed by atoms with Crippen molar-refractivity contribution >= 4 is 17.4 Å². The smallest absolute Gasteiger partial charge is 0.321 e. The second-order valence-electron chi connectivity index (χ2n) is 9.45. The highest BCUT2D eigenvalue weighted by Crippen LogP contribution is 2.36. The molecule has 2 aliphatic heterocycles. The largest absolute Gasteiger partial charge is 0.388 e. The first-order chi connectivity index (χ1) is 14.3. The van der Waals surface area contributed by atoms with Crippen LogP contribution in [0.5, 0.6) is 0 Å². The topological polar surface area (TPSA) is 53.9 Å². The molecule has 158 valence electrons. The third kappa shape index (κ3) is 4.50. The summed E-state index contributed by atoms with van der Waals surface area (Å²) in [7, 11) is 0. The van der Waals surface area contributed by atoms with E-state index in [4.69, 9.17) is 4.84 Å². The van der Waals surface area contributed by atoms with E-state index in [0.29, 0.717) is 6.54 Å². The summed E-state index contributed by atoms with van der Waals surface area (Å²) < 4.78 is 0. The van der Waals surface area contributed by atoms with Crippen molar-refractivity contribution in [3.63, 3.8) is 0 Å². The van der Waals surface area contributed by atoms with Gasteiger partial charge < -0.3 is 15.1 Å². The summed E-state index contributed by atoms with van der Waals surface area (Å²) >= 11 is 0. The third-order valence-corrected chi connectivity index (χ3v) is 6.13. The van der Waals surface area contributed by atoms with Crippen molar-refractivity contribution in [3.8, 4) is 0 Å². The summed E-state index contributed by atoms with van der Waals surface area (Å²) in [6.45, 7) is 7.96. The Morgan fingerprint density at radius 2 is 1.77 bits per heavy atom. The Labute approximate surface area is 179 Å². The van der Waals surface area contributed by atoms with Crippen molar-refractivity contribution in [2.24, 2.45) is 5.16 Å². The number of likely N-dealkylation sites (tertiary alicyclic amines) is 1. The highest BCUT2D eigenvalue weighted by Gasteiger charge is 2.41. The number of amides is 2. The molecule has 2 amide bonds. The Morgan fingerprint density at radius 1 is 1.03 bits per heavy atom. The van der Waals surface area contributed by atoms with Crippen LogP contribution < -0.4 is 5.32 Å². The van der Waals surface area contributed by atoms with E-state index in [-0.39, 0.29) is 17.0 Å². The molecule has 1 N–H and O–H groups in total. The van der Waals surface area contributed by atoms with Gasteiger partial charge >= 0.3 is 6.03 Å². The average molecular weight is 406 g/mol. The average Bonchev–Trinajstić information content (AvgIpc) is 3.03. The number of carbonyl (C=O) groups excluding carboxylic acids is 1. The molecule has 2 aliphatic rings. The summed E-state index contributed by atoms with van der Waals surface area (Å²) in [5, 5.41) is 7.44. The summed E-state index contributed by atoms with van der Waals surface area (Å²) in [6, 6.07) is 18.3. The Balaban J connectivity index is 1.35. The first kappa shape index (κ1) is 20.5. The van der Waals surface area contributed by atoms with Gasteiger partial charge in [0.1, 0.15) is 5.60 Å². The molecular weight excluding hydrogens is 374 g/mol. The molecule has 0 bridgehead atoms. The minimum Gasteiger partial charge on any atom is -0.388 e. The van der Waals surface area contributed by atoms with E-state index in [2.05, 4.69) is 55.5 Å². The molecule has 1 fully saturated rings. The Bertz CT molecular complexity index is 916. The number of benzene rings is 2. The molecule has 2 heterocycles. The quantitative estimate of drug-likeness (QED) is 0.711. The Morgan fingerprint density at radius 3 is 2.47 bits per heavy atom. The maximum Gasteiger partial charge on any atom is 0.321 e. The summed E-state index contributed by atoms with van der Waals surface area (Å²) in [6.07, 6.45) is 3.43. The van der Waals surface area contributed by atoms with Crippen LogP contribution in [0.3, 0.4) is 0 Å². The number of nitrogens with zero attached hydrogens (tertiary/aromatic N) is 2. The fourth-order valence-corrected chi connectivity index (χ4v) is 4.20. The van der Waals surface area contributed by atoms with Crippen LogP contribution in [-0.2, 0) is 10.3 Å². The monoisotopic (exact) mass is 405 g/mol. The molecule has 0 aromatic heterocycles. The standard InChI is InChI=1S/C25H31N3O2/c1-24(2,3)20-10-12-21(13-11-20)26-23(29)28-16-7-14-25(15-17-28)18-22(27-30-25)19-8-5-4-6-9-19/h4-6,8-13H,7,14-18H2,1-3H3,(H,26,29). The van der Waals surface area contributed by atoms with Crippen molar-refractivity contribution in [2.75, 3.05) is 18.4 Å². The number of urea groups is 1. The van der Waals surface area contributed by atoms with Gasteiger partial charge in [-0.05, 0) is 41.5 Å². The van der Waals surface area contributed by atoms with Gasteiger partial charge in [-0.2, -0.15) is 0 Å². The van der Waals surface area contributed by atoms with Gasteiger partial charge in [0.25, 0.3) is 0 Å². The van der Waals surface area contributed by atoms with Gasteiger partial charge in [-0.25, -0.2) is 4.79 Å². The molecule has 1 unspecified atom stereocenters. The number of anilines is 1. The lowest BCUT2D eigenvalue weighted by Gasteiger charge is -2.25. The number of hydrogen-bond acceptors (Lipinski definition) is 3. The van der Waals surface area contributed by atoms with Gasteiger partial charge in [0.05, 0.1) is 5.71 Å². The maximum absolute atomic E-state index is 12.8. The number of oxime groups is 1. The molecule has 0 radical (unpaired) electrons. The molecule has 2 aromatic rings. The van der Waals surface area contributed by atoms with Crippen LogP contribution in [0.2, 0.25) is 0 Å². The van der Waals surface area contributed by atoms with E-state index in [0.717, 1.165) is 49.2 Å². The molecule has 5 nitrogen and oxygen atoms in total. The number of hydrogen-bond donors (Lipinski definition) is 1. The van der Waals surface area contributed by atoms with E-state index in [9.17, 15) is 4.79 Å². The second kappa shape index (κ2) is 8.13. The first-order valence-corrected chi connectivity index (χ1v) is 10.8. The Kier molecular flexibility index (Phi) is 5.54. The predicted molar refractivity (Wildman–Crippen MR) is 121 cm³/mol. The van der Waals surface area contributed by atoms with Gasteiger partial charge in [-0.15, -0.1) is 0 Å². The predicted octanol–water partition coefficient (Wildman–Crippen LogP) is 5.57. The van der Waals surface area contributed by atoms with E-state index < -0.39 is 0 Å².